The molecule has 0 spiro atoms. The highest BCUT2D eigenvalue weighted by atomic mass is 16.5. The molecule has 0 fully saturated rings. The molecule has 152 valence electrons. The molecule has 0 aromatic carbocycles. The van der Waals surface area contributed by atoms with Gasteiger partial charge in [0, 0.05) is 0 Å². The van der Waals surface area contributed by atoms with E-state index in [4.69, 9.17) is 28.1 Å². The van der Waals surface area contributed by atoms with Crippen LogP contribution in [0, 0.1) is 0 Å². The monoisotopic (exact) mass is 411 g/mol. The van der Waals surface area contributed by atoms with Crippen molar-refractivity contribution in [2.45, 2.75) is 0 Å². The molecular formula is C18H13N5O7. The average molecular weight is 411 g/mol. The largest absolute Gasteiger partial charge is 0.464 e. The van der Waals surface area contributed by atoms with Gasteiger partial charge in [0.15, 0.2) is 23.5 Å². The summed E-state index contributed by atoms with van der Waals surface area (Å²) in [4.78, 5) is 27.7. The number of rotatable bonds is 7. The van der Waals surface area contributed by atoms with Crippen LogP contribution in [0.4, 0.5) is 0 Å². The molecule has 12 heteroatoms. The number of carbonyl (C=O) groups excluding carboxylic acids is 1. The van der Waals surface area contributed by atoms with Gasteiger partial charge in [-0.15, -0.1) is 0 Å². The predicted molar refractivity (Wildman–Crippen MR) is 97.6 cm³/mol. The second kappa shape index (κ2) is 7.79. The van der Waals surface area contributed by atoms with E-state index in [1.165, 1.54) is 38.6 Å². The standard InChI is InChI=1S/C18H13N5O7/c1-9(11-5-29-16(21-11)12-4-26-8-20-12)27-3-10(19)15-22-13(6-28-15)17-23-14(7-30-17)18(24)25-2/h3-8H,1,19H2,2H3/b10-3-. The summed E-state index contributed by atoms with van der Waals surface area (Å²) in [6.45, 7) is 3.76. The molecule has 0 aliphatic rings. The van der Waals surface area contributed by atoms with Crippen LogP contribution in [0.2, 0.25) is 0 Å². The Morgan fingerprint density at radius 3 is 2.50 bits per heavy atom. The first-order chi connectivity index (χ1) is 14.5. The lowest BCUT2D eigenvalue weighted by atomic mass is 10.4. The minimum atomic E-state index is -0.639. The fourth-order valence-electron chi connectivity index (χ4n) is 2.18. The summed E-state index contributed by atoms with van der Waals surface area (Å²) >= 11 is 0. The molecular weight excluding hydrogens is 398 g/mol. The Morgan fingerprint density at radius 2 is 1.77 bits per heavy atom. The third-order valence-corrected chi connectivity index (χ3v) is 3.64. The average Bonchev–Trinajstić information content (AvgIpc) is 3.56. The highest BCUT2D eigenvalue weighted by molar-refractivity contribution is 5.87. The van der Waals surface area contributed by atoms with Crippen molar-refractivity contribution in [1.82, 2.24) is 19.9 Å². The van der Waals surface area contributed by atoms with E-state index in [0.717, 1.165) is 6.26 Å². The summed E-state index contributed by atoms with van der Waals surface area (Å²) < 4.78 is 30.6. The summed E-state index contributed by atoms with van der Waals surface area (Å²) in [5, 5.41) is 0. The zero-order valence-electron chi connectivity index (χ0n) is 15.4. The third kappa shape index (κ3) is 3.69. The van der Waals surface area contributed by atoms with Crippen molar-refractivity contribution >= 4 is 17.4 Å². The van der Waals surface area contributed by atoms with Crippen LogP contribution in [0.1, 0.15) is 22.1 Å². The molecule has 0 saturated carbocycles. The Morgan fingerprint density at radius 1 is 1.03 bits per heavy atom. The Labute approximate surface area is 167 Å². The molecule has 4 aromatic heterocycles. The zero-order chi connectivity index (χ0) is 21.1. The van der Waals surface area contributed by atoms with Gasteiger partial charge in [-0.1, -0.05) is 6.58 Å². The lowest BCUT2D eigenvalue weighted by molar-refractivity contribution is 0.0594. The molecule has 4 aromatic rings. The second-order valence-corrected chi connectivity index (χ2v) is 5.59. The maximum absolute atomic E-state index is 11.4. The highest BCUT2D eigenvalue weighted by Gasteiger charge is 2.18. The van der Waals surface area contributed by atoms with E-state index in [2.05, 4.69) is 31.3 Å². The van der Waals surface area contributed by atoms with Gasteiger partial charge >= 0.3 is 5.97 Å². The fourth-order valence-corrected chi connectivity index (χ4v) is 2.18. The Hall–Kier alpha value is -4.61. The molecule has 0 aliphatic heterocycles. The van der Waals surface area contributed by atoms with Gasteiger partial charge in [0.1, 0.15) is 48.5 Å². The van der Waals surface area contributed by atoms with Crippen LogP contribution in [-0.2, 0) is 9.47 Å². The SMILES string of the molecule is C=C(O/C=C(\N)c1nc(-c2nc(C(=O)OC)co2)co1)c1coc(-c2cocn2)n1. The van der Waals surface area contributed by atoms with Gasteiger partial charge in [0.25, 0.3) is 0 Å². The topological polar surface area (TPSA) is 166 Å². The van der Waals surface area contributed by atoms with Crippen molar-refractivity contribution in [3.8, 4) is 23.2 Å². The number of methoxy groups -OCH3 is 1. The van der Waals surface area contributed by atoms with Crippen molar-refractivity contribution < 1.29 is 31.9 Å². The summed E-state index contributed by atoms with van der Waals surface area (Å²) in [7, 11) is 1.23. The van der Waals surface area contributed by atoms with Crippen LogP contribution in [0.5, 0.6) is 0 Å². The van der Waals surface area contributed by atoms with Crippen molar-refractivity contribution in [3.05, 3.63) is 61.6 Å². The number of nitrogens with two attached hydrogens (primary N) is 1. The number of esters is 1. The number of oxazole rings is 4. The number of ether oxygens (including phenoxy) is 2. The quantitative estimate of drug-likeness (QED) is 0.349. The summed E-state index contributed by atoms with van der Waals surface area (Å²) in [6.07, 6.45) is 7.58. The van der Waals surface area contributed by atoms with Crippen LogP contribution in [0.15, 0.2) is 62.0 Å². The normalized spacial score (nSPS) is 11.4. The van der Waals surface area contributed by atoms with Gasteiger partial charge in [-0.2, -0.15) is 0 Å². The summed E-state index contributed by atoms with van der Waals surface area (Å²) in [5.74, 6) is -0.126. The first-order valence-electron chi connectivity index (χ1n) is 8.21. The number of hydrogen-bond donors (Lipinski definition) is 1. The van der Waals surface area contributed by atoms with E-state index in [-0.39, 0.29) is 40.5 Å². The maximum atomic E-state index is 11.4. The minimum Gasteiger partial charge on any atom is -0.464 e. The van der Waals surface area contributed by atoms with E-state index < -0.39 is 5.97 Å². The summed E-state index contributed by atoms with van der Waals surface area (Å²) in [5.41, 5.74) is 6.96. The van der Waals surface area contributed by atoms with Crippen LogP contribution < -0.4 is 5.73 Å². The van der Waals surface area contributed by atoms with Crippen LogP contribution >= 0.6 is 0 Å². The Balaban J connectivity index is 1.43. The molecule has 0 unspecified atom stereocenters. The van der Waals surface area contributed by atoms with Gasteiger partial charge in [-0.05, 0) is 0 Å². The zero-order valence-corrected chi connectivity index (χ0v) is 15.4. The van der Waals surface area contributed by atoms with Crippen molar-refractivity contribution in [2.75, 3.05) is 7.11 Å². The Bertz CT molecular complexity index is 1220. The molecule has 0 radical (unpaired) electrons. The van der Waals surface area contributed by atoms with Gasteiger partial charge in [-0.25, -0.2) is 24.7 Å². The smallest absolute Gasteiger partial charge is 0.360 e. The maximum Gasteiger partial charge on any atom is 0.360 e. The predicted octanol–water partition coefficient (Wildman–Crippen LogP) is 2.70. The number of aromatic nitrogens is 4. The molecule has 2 N–H and O–H groups in total. The molecule has 0 bridgehead atoms. The van der Waals surface area contributed by atoms with Gasteiger partial charge in [0.05, 0.1) is 7.11 Å². The Kier molecular flexibility index (Phi) is 4.87. The number of hydrogen-bond acceptors (Lipinski definition) is 12. The van der Waals surface area contributed by atoms with Crippen LogP contribution in [0.3, 0.4) is 0 Å². The minimum absolute atomic E-state index is 0.00204. The molecule has 0 amide bonds. The number of carbonyl (C=O) groups is 1. The van der Waals surface area contributed by atoms with Crippen LogP contribution in [0.25, 0.3) is 34.6 Å². The molecule has 4 rings (SSSR count). The van der Waals surface area contributed by atoms with E-state index in [1.807, 2.05) is 0 Å². The first-order valence-corrected chi connectivity index (χ1v) is 8.21. The van der Waals surface area contributed by atoms with Gasteiger partial charge < -0.3 is 32.9 Å². The second-order valence-electron chi connectivity index (χ2n) is 5.59. The fraction of sp³-hybridized carbons (Fsp3) is 0.0556. The van der Waals surface area contributed by atoms with E-state index in [1.54, 1.807) is 0 Å². The number of nitrogens with zero attached hydrogens (tertiary/aromatic N) is 4. The highest BCUT2D eigenvalue weighted by Crippen LogP contribution is 2.23. The van der Waals surface area contributed by atoms with Crippen molar-refractivity contribution in [3.63, 3.8) is 0 Å². The molecule has 0 atom stereocenters. The first kappa shape index (κ1) is 18.7. The van der Waals surface area contributed by atoms with Gasteiger partial charge in [-0.3, -0.25) is 0 Å². The lowest BCUT2D eigenvalue weighted by Gasteiger charge is -2.01. The molecule has 30 heavy (non-hydrogen) atoms. The van der Waals surface area contributed by atoms with Crippen LogP contribution in [-0.4, -0.2) is 33.0 Å². The van der Waals surface area contributed by atoms with E-state index in [9.17, 15) is 4.79 Å². The molecule has 4 heterocycles. The molecule has 12 nitrogen and oxygen atoms in total. The molecule has 0 saturated heterocycles. The summed E-state index contributed by atoms with van der Waals surface area (Å²) in [6, 6.07) is 0. The lowest BCUT2D eigenvalue weighted by Crippen LogP contribution is -2.01. The molecule has 0 aliphatic carbocycles. The van der Waals surface area contributed by atoms with Gasteiger partial charge in [0.2, 0.25) is 17.7 Å². The van der Waals surface area contributed by atoms with Crippen molar-refractivity contribution in [1.29, 1.82) is 0 Å². The van der Waals surface area contributed by atoms with E-state index >= 15 is 0 Å². The third-order valence-electron chi connectivity index (χ3n) is 3.64. The van der Waals surface area contributed by atoms with E-state index in [0.29, 0.717) is 11.4 Å². The van der Waals surface area contributed by atoms with Crippen molar-refractivity contribution in [2.24, 2.45) is 5.73 Å².